The predicted octanol–water partition coefficient (Wildman–Crippen LogP) is 2.75. The van der Waals surface area contributed by atoms with Crippen LogP contribution in [-0.2, 0) is 13.0 Å². The van der Waals surface area contributed by atoms with E-state index >= 15 is 0 Å². The third kappa shape index (κ3) is 2.14. The number of aromatic nitrogens is 1. The van der Waals surface area contributed by atoms with Crippen molar-refractivity contribution in [3.63, 3.8) is 0 Å². The first-order valence-electron chi connectivity index (χ1n) is 5.57. The fourth-order valence-electron chi connectivity index (χ4n) is 1.77. The van der Waals surface area contributed by atoms with E-state index in [1.807, 2.05) is 0 Å². The van der Waals surface area contributed by atoms with Crippen molar-refractivity contribution in [2.45, 2.75) is 26.3 Å². The van der Waals surface area contributed by atoms with Crippen LogP contribution in [0.25, 0.3) is 11.3 Å². The van der Waals surface area contributed by atoms with Crippen LogP contribution >= 0.6 is 0 Å². The molecule has 16 heavy (non-hydrogen) atoms. The zero-order chi connectivity index (χ0) is 11.4. The van der Waals surface area contributed by atoms with E-state index in [2.05, 4.69) is 36.2 Å². The summed E-state index contributed by atoms with van der Waals surface area (Å²) in [6.07, 6.45) is 3.72. The molecule has 1 aromatic carbocycles. The Hall–Kier alpha value is -1.61. The van der Waals surface area contributed by atoms with E-state index in [9.17, 15) is 0 Å². The van der Waals surface area contributed by atoms with E-state index in [1.54, 1.807) is 0 Å². The molecule has 2 N–H and O–H groups in total. The highest BCUT2D eigenvalue weighted by Gasteiger charge is 2.08. The van der Waals surface area contributed by atoms with E-state index in [0.29, 0.717) is 6.54 Å². The van der Waals surface area contributed by atoms with Crippen molar-refractivity contribution in [1.29, 1.82) is 0 Å². The third-order valence-electron chi connectivity index (χ3n) is 2.59. The first kappa shape index (κ1) is 10.9. The van der Waals surface area contributed by atoms with E-state index in [1.165, 1.54) is 12.0 Å². The quantitative estimate of drug-likeness (QED) is 0.855. The van der Waals surface area contributed by atoms with Crippen LogP contribution in [0.2, 0.25) is 0 Å². The number of rotatable bonds is 4. The van der Waals surface area contributed by atoms with E-state index < -0.39 is 0 Å². The molecule has 3 heteroatoms. The van der Waals surface area contributed by atoms with Crippen molar-refractivity contribution < 1.29 is 4.42 Å². The van der Waals surface area contributed by atoms with Crippen molar-refractivity contribution in [3.8, 4) is 11.3 Å². The molecule has 0 radical (unpaired) electrons. The maximum absolute atomic E-state index is 5.58. The molecule has 0 unspecified atom stereocenters. The van der Waals surface area contributed by atoms with Gasteiger partial charge in [0, 0.05) is 5.56 Å². The molecule has 0 saturated carbocycles. The summed E-state index contributed by atoms with van der Waals surface area (Å²) in [6, 6.07) is 8.41. The van der Waals surface area contributed by atoms with Crippen molar-refractivity contribution in [3.05, 3.63) is 42.0 Å². The average molecular weight is 216 g/mol. The molecule has 0 saturated heterocycles. The van der Waals surface area contributed by atoms with Crippen LogP contribution in [0, 0.1) is 0 Å². The minimum absolute atomic E-state index is 0.381. The van der Waals surface area contributed by atoms with Crippen molar-refractivity contribution in [2.24, 2.45) is 5.73 Å². The van der Waals surface area contributed by atoms with Crippen molar-refractivity contribution >= 4 is 0 Å². The normalized spacial score (nSPS) is 10.6. The lowest BCUT2D eigenvalue weighted by Crippen LogP contribution is -1.96. The molecule has 1 aromatic heterocycles. The molecule has 0 fully saturated rings. The van der Waals surface area contributed by atoms with E-state index in [-0.39, 0.29) is 0 Å². The lowest BCUT2D eigenvalue weighted by molar-refractivity contribution is 0.507. The standard InChI is InChI=1S/C13H16N2O/c1-2-3-10-4-6-11(7-5-10)13-12(8-14)16-9-15-13/h4-7,9H,2-3,8,14H2,1H3. The molecule has 0 aliphatic rings. The van der Waals surface area contributed by atoms with Gasteiger partial charge < -0.3 is 10.2 Å². The summed E-state index contributed by atoms with van der Waals surface area (Å²) in [4.78, 5) is 4.19. The summed E-state index contributed by atoms with van der Waals surface area (Å²) in [7, 11) is 0. The highest BCUT2D eigenvalue weighted by molar-refractivity contribution is 5.61. The molecule has 0 aliphatic carbocycles. The Balaban J connectivity index is 2.27. The largest absolute Gasteiger partial charge is 0.446 e. The van der Waals surface area contributed by atoms with Gasteiger partial charge in [-0.05, 0) is 12.0 Å². The predicted molar refractivity (Wildman–Crippen MR) is 63.8 cm³/mol. The number of nitrogens with two attached hydrogens (primary N) is 1. The summed E-state index contributed by atoms with van der Waals surface area (Å²) < 4.78 is 5.21. The van der Waals surface area contributed by atoms with Gasteiger partial charge in [0.1, 0.15) is 11.5 Å². The van der Waals surface area contributed by atoms with Gasteiger partial charge >= 0.3 is 0 Å². The molecule has 0 amide bonds. The Morgan fingerprint density at radius 2 is 2.00 bits per heavy atom. The van der Waals surface area contributed by atoms with Crippen LogP contribution in [0.1, 0.15) is 24.7 Å². The molecule has 0 atom stereocenters. The monoisotopic (exact) mass is 216 g/mol. The molecule has 2 aromatic rings. The van der Waals surface area contributed by atoms with Crippen LogP contribution in [0.3, 0.4) is 0 Å². The number of hydrogen-bond donors (Lipinski definition) is 1. The molecule has 2 rings (SSSR count). The SMILES string of the molecule is CCCc1ccc(-c2ncoc2CN)cc1. The van der Waals surface area contributed by atoms with Gasteiger partial charge in [0.05, 0.1) is 6.54 Å². The van der Waals surface area contributed by atoms with E-state index in [0.717, 1.165) is 29.9 Å². The van der Waals surface area contributed by atoms with Crippen LogP contribution in [0.5, 0.6) is 0 Å². The summed E-state index contributed by atoms with van der Waals surface area (Å²) >= 11 is 0. The second kappa shape index (κ2) is 4.94. The summed E-state index contributed by atoms with van der Waals surface area (Å²) in [6.45, 7) is 2.56. The lowest BCUT2D eigenvalue weighted by Gasteiger charge is -2.01. The number of hydrogen-bond acceptors (Lipinski definition) is 3. The molecule has 3 nitrogen and oxygen atoms in total. The highest BCUT2D eigenvalue weighted by Crippen LogP contribution is 2.22. The zero-order valence-electron chi connectivity index (χ0n) is 9.44. The molecule has 0 aliphatic heterocycles. The Kier molecular flexibility index (Phi) is 3.37. The molecule has 1 heterocycles. The molecule has 0 bridgehead atoms. The lowest BCUT2D eigenvalue weighted by atomic mass is 10.1. The Bertz CT molecular complexity index is 445. The minimum Gasteiger partial charge on any atom is -0.446 e. The minimum atomic E-state index is 0.381. The fourth-order valence-corrected chi connectivity index (χ4v) is 1.77. The number of aryl methyl sites for hydroxylation is 1. The Morgan fingerprint density at radius 1 is 1.25 bits per heavy atom. The van der Waals surface area contributed by atoms with Crippen molar-refractivity contribution in [1.82, 2.24) is 4.98 Å². The van der Waals surface area contributed by atoms with Crippen LogP contribution in [0.4, 0.5) is 0 Å². The number of benzene rings is 1. The molecule has 84 valence electrons. The summed E-state index contributed by atoms with van der Waals surface area (Å²) in [5.74, 6) is 0.739. The van der Waals surface area contributed by atoms with Crippen LogP contribution in [0.15, 0.2) is 35.1 Å². The van der Waals surface area contributed by atoms with Gasteiger partial charge in [0.2, 0.25) is 0 Å². The van der Waals surface area contributed by atoms with Gasteiger partial charge in [-0.15, -0.1) is 0 Å². The van der Waals surface area contributed by atoms with Gasteiger partial charge in [-0.1, -0.05) is 37.6 Å². The highest BCUT2D eigenvalue weighted by atomic mass is 16.3. The van der Waals surface area contributed by atoms with Gasteiger partial charge in [0.15, 0.2) is 6.39 Å². The molecular formula is C13H16N2O. The summed E-state index contributed by atoms with van der Waals surface area (Å²) in [5, 5.41) is 0. The van der Waals surface area contributed by atoms with Gasteiger partial charge in [-0.3, -0.25) is 0 Å². The topological polar surface area (TPSA) is 52.0 Å². The van der Waals surface area contributed by atoms with Crippen molar-refractivity contribution in [2.75, 3.05) is 0 Å². The second-order valence-electron chi connectivity index (χ2n) is 3.78. The molecular weight excluding hydrogens is 200 g/mol. The Morgan fingerprint density at radius 3 is 2.62 bits per heavy atom. The maximum atomic E-state index is 5.58. The second-order valence-corrected chi connectivity index (χ2v) is 3.78. The van der Waals surface area contributed by atoms with Gasteiger partial charge in [0.25, 0.3) is 0 Å². The van der Waals surface area contributed by atoms with Gasteiger partial charge in [-0.2, -0.15) is 0 Å². The number of nitrogens with zero attached hydrogens (tertiary/aromatic N) is 1. The van der Waals surface area contributed by atoms with Gasteiger partial charge in [-0.25, -0.2) is 4.98 Å². The smallest absolute Gasteiger partial charge is 0.181 e. The number of oxazole rings is 1. The third-order valence-corrected chi connectivity index (χ3v) is 2.59. The fraction of sp³-hybridized carbons (Fsp3) is 0.308. The average Bonchev–Trinajstić information content (AvgIpc) is 2.78. The maximum Gasteiger partial charge on any atom is 0.181 e. The summed E-state index contributed by atoms with van der Waals surface area (Å²) in [5.41, 5.74) is 8.84. The Labute approximate surface area is 95.3 Å². The molecule has 0 spiro atoms. The van der Waals surface area contributed by atoms with Crippen LogP contribution in [-0.4, -0.2) is 4.98 Å². The first-order chi connectivity index (χ1) is 7.85. The zero-order valence-corrected chi connectivity index (χ0v) is 9.44. The van der Waals surface area contributed by atoms with Crippen LogP contribution < -0.4 is 5.73 Å². The van der Waals surface area contributed by atoms with E-state index in [4.69, 9.17) is 10.2 Å². The first-order valence-corrected chi connectivity index (χ1v) is 5.57.